The lowest BCUT2D eigenvalue weighted by molar-refractivity contribution is 0.195. The lowest BCUT2D eigenvalue weighted by Gasteiger charge is -2.09. The van der Waals surface area contributed by atoms with Gasteiger partial charge < -0.3 is 4.74 Å². The number of methoxy groups -OCH3 is 1. The third kappa shape index (κ3) is 6.00. The minimum atomic E-state index is -1.60. The fourth-order valence-electron chi connectivity index (χ4n) is 4.14. The van der Waals surface area contributed by atoms with Crippen LogP contribution in [-0.4, -0.2) is 13.7 Å². The Kier molecular flexibility index (Phi) is 8.38. The second-order valence-corrected chi connectivity index (χ2v) is 8.74. The van der Waals surface area contributed by atoms with E-state index in [2.05, 4.69) is 11.8 Å². The van der Waals surface area contributed by atoms with E-state index in [-0.39, 0.29) is 40.3 Å². The van der Waals surface area contributed by atoms with E-state index in [4.69, 9.17) is 4.74 Å². The van der Waals surface area contributed by atoms with Gasteiger partial charge in [-0.1, -0.05) is 17.9 Å². The highest BCUT2D eigenvalue weighted by Crippen LogP contribution is 2.25. The molecule has 0 heterocycles. The zero-order chi connectivity index (χ0) is 27.4. The van der Waals surface area contributed by atoms with Gasteiger partial charge in [0.2, 0.25) is 0 Å². The zero-order valence-electron chi connectivity index (χ0n) is 20.2. The Hall–Kier alpha value is -3.83. The molecule has 0 spiro atoms. The molecule has 0 amide bonds. The highest BCUT2D eigenvalue weighted by atomic mass is 19.2. The van der Waals surface area contributed by atoms with Gasteiger partial charge in [-0.25, -0.2) is 30.7 Å². The monoisotopic (exact) mass is 530 g/mol. The molecule has 0 radical (unpaired) electrons. The molecule has 1 nitrogen and oxygen atoms in total. The number of hydrogen-bond donors (Lipinski definition) is 0. The summed E-state index contributed by atoms with van der Waals surface area (Å²) in [6.45, 7) is 0.464. The first-order chi connectivity index (χ1) is 18.2. The van der Waals surface area contributed by atoms with E-state index in [9.17, 15) is 30.7 Å². The van der Waals surface area contributed by atoms with Gasteiger partial charge in [0.15, 0.2) is 17.5 Å². The highest BCUT2D eigenvalue weighted by Gasteiger charge is 2.15. The van der Waals surface area contributed by atoms with Crippen LogP contribution in [0.15, 0.2) is 48.5 Å². The van der Waals surface area contributed by atoms with Crippen molar-refractivity contribution in [3.8, 4) is 11.8 Å². The Morgan fingerprint density at radius 3 is 1.92 bits per heavy atom. The van der Waals surface area contributed by atoms with Gasteiger partial charge >= 0.3 is 0 Å². The molecule has 8 heteroatoms. The van der Waals surface area contributed by atoms with E-state index in [0.29, 0.717) is 25.0 Å². The molecule has 0 saturated heterocycles. The quantitative estimate of drug-likeness (QED) is 0.104. The molecule has 0 saturated carbocycles. The van der Waals surface area contributed by atoms with Crippen molar-refractivity contribution in [1.29, 1.82) is 0 Å². The second kappa shape index (κ2) is 11.7. The summed E-state index contributed by atoms with van der Waals surface area (Å²) in [5.74, 6) is -2.81. The molecule has 0 aromatic heterocycles. The van der Waals surface area contributed by atoms with E-state index in [1.165, 1.54) is 37.4 Å². The van der Waals surface area contributed by atoms with Crippen LogP contribution in [0, 0.1) is 52.6 Å². The molecule has 0 unspecified atom stereocenters. The Morgan fingerprint density at radius 2 is 1.26 bits per heavy atom. The molecular formula is C30H21F7O. The van der Waals surface area contributed by atoms with Gasteiger partial charge in [-0.05, 0) is 84.7 Å². The molecule has 0 fully saturated rings. The zero-order valence-corrected chi connectivity index (χ0v) is 20.2. The van der Waals surface area contributed by atoms with Crippen molar-refractivity contribution in [2.24, 2.45) is 0 Å². The van der Waals surface area contributed by atoms with E-state index in [0.717, 1.165) is 18.2 Å². The lowest BCUT2D eigenvalue weighted by atomic mass is 9.99. The van der Waals surface area contributed by atoms with Crippen LogP contribution in [0.5, 0.6) is 0 Å². The second-order valence-electron chi connectivity index (χ2n) is 8.74. The van der Waals surface area contributed by atoms with E-state index >= 15 is 0 Å². The summed E-state index contributed by atoms with van der Waals surface area (Å²) in [7, 11) is 1.54. The van der Waals surface area contributed by atoms with E-state index < -0.39 is 46.3 Å². The Bertz CT molecular complexity index is 1520. The number of hydrogen-bond acceptors (Lipinski definition) is 1. The normalized spacial score (nSPS) is 11.1. The molecule has 0 atom stereocenters. The maximum Gasteiger partial charge on any atom is 0.195 e. The summed E-state index contributed by atoms with van der Waals surface area (Å²) in [4.78, 5) is 0. The first-order valence-corrected chi connectivity index (χ1v) is 11.7. The molecule has 4 aromatic rings. The predicted molar refractivity (Wildman–Crippen MR) is 130 cm³/mol. The van der Waals surface area contributed by atoms with Gasteiger partial charge in [-0.3, -0.25) is 0 Å². The van der Waals surface area contributed by atoms with Gasteiger partial charge in [0.1, 0.15) is 23.3 Å². The number of ether oxygens (including phenoxy) is 1. The van der Waals surface area contributed by atoms with Gasteiger partial charge in [0, 0.05) is 30.2 Å². The third-order valence-electron chi connectivity index (χ3n) is 6.08. The van der Waals surface area contributed by atoms with Gasteiger partial charge in [0.05, 0.1) is 5.56 Å². The summed E-state index contributed by atoms with van der Waals surface area (Å²) in [5.41, 5.74) is 0.168. The molecular weight excluding hydrogens is 509 g/mol. The smallest absolute Gasteiger partial charge is 0.195 e. The standard InChI is InChI=1S/C30H21F7O/c1-38-10-2-3-18-12-24(31)23(25(32)13-18)9-6-19-14-26(33)22(27(34)15-19)8-5-17-4-7-21-20(11-17)16-28(35)30(37)29(21)36/h4,7,11-16H,2-3,6,9-10H2,1H3. The molecule has 38 heavy (non-hydrogen) atoms. The van der Waals surface area contributed by atoms with Crippen molar-refractivity contribution >= 4 is 10.8 Å². The first-order valence-electron chi connectivity index (χ1n) is 11.7. The largest absolute Gasteiger partial charge is 0.385 e. The Balaban J connectivity index is 1.51. The number of halogens is 7. The molecule has 0 N–H and O–H groups in total. The molecule has 4 aromatic carbocycles. The highest BCUT2D eigenvalue weighted by molar-refractivity contribution is 5.84. The summed E-state index contributed by atoms with van der Waals surface area (Å²) in [6.07, 6.45) is 0.939. The number of rotatable bonds is 7. The van der Waals surface area contributed by atoms with Crippen LogP contribution in [0.1, 0.15) is 34.2 Å². The Morgan fingerprint density at radius 1 is 0.632 bits per heavy atom. The maximum atomic E-state index is 14.7. The fraction of sp³-hybridized carbons (Fsp3) is 0.200. The molecule has 0 aliphatic rings. The van der Waals surface area contributed by atoms with Crippen molar-refractivity contribution in [2.45, 2.75) is 25.7 Å². The average Bonchev–Trinajstić information content (AvgIpc) is 2.86. The summed E-state index contributed by atoms with van der Waals surface area (Å²) >= 11 is 0. The SMILES string of the molecule is COCCCc1cc(F)c(CCc2cc(F)c(C#Cc3ccc4c(F)c(F)c(F)cc4c3)c(F)c2)c(F)c1. The van der Waals surface area contributed by atoms with Crippen LogP contribution >= 0.6 is 0 Å². The number of aryl methyl sites for hydroxylation is 2. The number of benzene rings is 4. The van der Waals surface area contributed by atoms with Crippen molar-refractivity contribution < 1.29 is 35.5 Å². The van der Waals surface area contributed by atoms with E-state index in [1.54, 1.807) is 0 Å². The minimum absolute atomic E-state index is 0.0171. The molecule has 4 rings (SSSR count). The van der Waals surface area contributed by atoms with Crippen LogP contribution in [0.25, 0.3) is 10.8 Å². The Labute approximate surface area is 214 Å². The lowest BCUT2D eigenvalue weighted by Crippen LogP contribution is -2.03. The summed E-state index contributed by atoms with van der Waals surface area (Å²) in [5, 5.41) is -0.128. The van der Waals surface area contributed by atoms with Crippen molar-refractivity contribution in [2.75, 3.05) is 13.7 Å². The average molecular weight is 530 g/mol. The van der Waals surface area contributed by atoms with Crippen molar-refractivity contribution in [3.63, 3.8) is 0 Å². The summed E-state index contributed by atoms with van der Waals surface area (Å²) < 4.78 is 104. The minimum Gasteiger partial charge on any atom is -0.385 e. The maximum absolute atomic E-state index is 14.7. The molecule has 0 aliphatic carbocycles. The van der Waals surface area contributed by atoms with Crippen LogP contribution < -0.4 is 0 Å². The summed E-state index contributed by atoms with van der Waals surface area (Å²) in [6, 6.07) is 9.15. The van der Waals surface area contributed by atoms with E-state index in [1.807, 2.05) is 0 Å². The molecule has 0 aliphatic heterocycles. The third-order valence-corrected chi connectivity index (χ3v) is 6.08. The van der Waals surface area contributed by atoms with Crippen molar-refractivity contribution in [1.82, 2.24) is 0 Å². The van der Waals surface area contributed by atoms with Crippen LogP contribution in [0.2, 0.25) is 0 Å². The van der Waals surface area contributed by atoms with Crippen LogP contribution in [-0.2, 0) is 24.0 Å². The van der Waals surface area contributed by atoms with Crippen molar-refractivity contribution in [3.05, 3.63) is 117 Å². The predicted octanol–water partition coefficient (Wildman–Crippen LogP) is 7.58. The fourth-order valence-corrected chi connectivity index (χ4v) is 4.14. The first kappa shape index (κ1) is 27.2. The molecule has 196 valence electrons. The topological polar surface area (TPSA) is 9.23 Å². The van der Waals surface area contributed by atoms with Crippen LogP contribution in [0.4, 0.5) is 30.7 Å². The van der Waals surface area contributed by atoms with Gasteiger partial charge in [-0.2, -0.15) is 0 Å². The van der Waals surface area contributed by atoms with Gasteiger partial charge in [0.25, 0.3) is 0 Å². The van der Waals surface area contributed by atoms with Crippen LogP contribution in [0.3, 0.4) is 0 Å². The molecule has 0 bridgehead atoms. The number of fused-ring (bicyclic) bond motifs is 1. The van der Waals surface area contributed by atoms with Gasteiger partial charge in [-0.15, -0.1) is 0 Å².